The van der Waals surface area contributed by atoms with Crippen LogP contribution in [0.25, 0.3) is 0 Å². The first kappa shape index (κ1) is 15.3. The molecule has 2 saturated heterocycles. The summed E-state index contributed by atoms with van der Waals surface area (Å²) in [7, 11) is -3.51. The van der Waals surface area contributed by atoms with Crippen LogP contribution in [0.1, 0.15) is 6.92 Å². The molecule has 21 heavy (non-hydrogen) atoms. The molecule has 2 heterocycles. The maximum atomic E-state index is 12.9. The number of nitrogens with zero attached hydrogens (tertiary/aromatic N) is 1. The maximum absolute atomic E-state index is 12.9. The number of hydrogen-bond acceptors (Lipinski definition) is 4. The molecule has 1 aromatic rings. The second-order valence-electron chi connectivity index (χ2n) is 5.52. The summed E-state index contributed by atoms with van der Waals surface area (Å²) in [5.74, 6) is 1.29. The largest absolute Gasteiger partial charge is 0.492 e. The molecule has 0 bridgehead atoms. The standard InChI is InChI=1S/C14H19BrN2O3S/c1-2-20-13-4-3-12(15)5-14(13)21(18,19)17-8-10-6-16-7-11(10)9-17/h3-5,10-11,16H,2,6-9H2,1H3. The number of rotatable bonds is 4. The van der Waals surface area contributed by atoms with E-state index in [1.807, 2.05) is 6.92 Å². The Balaban J connectivity index is 1.93. The van der Waals surface area contributed by atoms with Gasteiger partial charge in [0.05, 0.1) is 6.61 Å². The Kier molecular flexibility index (Phi) is 4.27. The highest BCUT2D eigenvalue weighted by molar-refractivity contribution is 9.10. The maximum Gasteiger partial charge on any atom is 0.246 e. The van der Waals surface area contributed by atoms with Crippen molar-refractivity contribution in [2.75, 3.05) is 32.8 Å². The molecule has 0 spiro atoms. The molecule has 0 aliphatic carbocycles. The molecule has 2 fully saturated rings. The van der Waals surface area contributed by atoms with E-state index in [9.17, 15) is 8.42 Å². The minimum Gasteiger partial charge on any atom is -0.492 e. The van der Waals surface area contributed by atoms with Crippen LogP contribution in [-0.4, -0.2) is 45.5 Å². The zero-order valence-electron chi connectivity index (χ0n) is 11.9. The van der Waals surface area contributed by atoms with Gasteiger partial charge in [-0.25, -0.2) is 8.42 Å². The first-order valence-corrected chi connectivity index (χ1v) is 9.39. The molecular formula is C14H19BrN2O3S. The summed E-state index contributed by atoms with van der Waals surface area (Å²) in [5.41, 5.74) is 0. The third-order valence-electron chi connectivity index (χ3n) is 4.18. The van der Waals surface area contributed by atoms with E-state index >= 15 is 0 Å². The van der Waals surface area contributed by atoms with Gasteiger partial charge in [0, 0.05) is 17.6 Å². The summed E-state index contributed by atoms with van der Waals surface area (Å²) >= 11 is 3.35. The van der Waals surface area contributed by atoms with E-state index in [-0.39, 0.29) is 4.90 Å². The minimum absolute atomic E-state index is 0.256. The van der Waals surface area contributed by atoms with Crippen molar-refractivity contribution < 1.29 is 13.2 Å². The van der Waals surface area contributed by atoms with Gasteiger partial charge < -0.3 is 10.1 Å². The third kappa shape index (κ3) is 2.84. The second kappa shape index (κ2) is 5.87. The van der Waals surface area contributed by atoms with Crippen molar-refractivity contribution in [1.82, 2.24) is 9.62 Å². The normalized spacial score (nSPS) is 26.0. The lowest BCUT2D eigenvalue weighted by atomic mass is 10.0. The Labute approximate surface area is 133 Å². The zero-order chi connectivity index (χ0) is 15.0. The Morgan fingerprint density at radius 1 is 1.33 bits per heavy atom. The molecule has 0 amide bonds. The first-order chi connectivity index (χ1) is 10.0. The Morgan fingerprint density at radius 3 is 2.62 bits per heavy atom. The number of ether oxygens (including phenoxy) is 1. The fraction of sp³-hybridized carbons (Fsp3) is 0.571. The van der Waals surface area contributed by atoms with E-state index in [0.717, 1.165) is 17.6 Å². The molecule has 3 rings (SSSR count). The Morgan fingerprint density at radius 2 is 2.00 bits per heavy atom. The monoisotopic (exact) mass is 374 g/mol. The zero-order valence-corrected chi connectivity index (χ0v) is 14.3. The van der Waals surface area contributed by atoms with Crippen LogP contribution in [0.15, 0.2) is 27.6 Å². The lowest BCUT2D eigenvalue weighted by molar-refractivity contribution is 0.329. The van der Waals surface area contributed by atoms with Crippen molar-refractivity contribution in [1.29, 1.82) is 0 Å². The average molecular weight is 375 g/mol. The van der Waals surface area contributed by atoms with E-state index in [2.05, 4.69) is 21.2 Å². The highest BCUT2D eigenvalue weighted by Crippen LogP contribution is 2.35. The SMILES string of the molecule is CCOc1ccc(Br)cc1S(=O)(=O)N1CC2CNCC2C1. The van der Waals surface area contributed by atoms with Crippen molar-refractivity contribution in [3.8, 4) is 5.75 Å². The molecule has 0 saturated carbocycles. The van der Waals surface area contributed by atoms with Gasteiger partial charge in [-0.15, -0.1) is 0 Å². The predicted molar refractivity (Wildman–Crippen MR) is 83.9 cm³/mol. The van der Waals surface area contributed by atoms with Crippen LogP contribution in [0.4, 0.5) is 0 Å². The topological polar surface area (TPSA) is 58.6 Å². The highest BCUT2D eigenvalue weighted by atomic mass is 79.9. The molecule has 116 valence electrons. The Hall–Kier alpha value is -0.630. The summed E-state index contributed by atoms with van der Waals surface area (Å²) in [6.07, 6.45) is 0. The lowest BCUT2D eigenvalue weighted by Gasteiger charge is -2.19. The van der Waals surface area contributed by atoms with Crippen molar-refractivity contribution >= 4 is 26.0 Å². The smallest absolute Gasteiger partial charge is 0.246 e. The van der Waals surface area contributed by atoms with Crippen LogP contribution in [-0.2, 0) is 10.0 Å². The van der Waals surface area contributed by atoms with Crippen molar-refractivity contribution in [2.45, 2.75) is 11.8 Å². The highest BCUT2D eigenvalue weighted by Gasteiger charge is 2.42. The van der Waals surface area contributed by atoms with Crippen LogP contribution in [0.2, 0.25) is 0 Å². The van der Waals surface area contributed by atoms with E-state index in [0.29, 0.717) is 37.3 Å². The van der Waals surface area contributed by atoms with Crippen LogP contribution in [0.5, 0.6) is 5.75 Å². The number of hydrogen-bond donors (Lipinski definition) is 1. The molecular weight excluding hydrogens is 356 g/mol. The predicted octanol–water partition coefficient (Wildman–Crippen LogP) is 1.69. The number of fused-ring (bicyclic) bond motifs is 1. The van der Waals surface area contributed by atoms with Crippen LogP contribution in [0, 0.1) is 11.8 Å². The van der Waals surface area contributed by atoms with Gasteiger partial charge in [-0.05, 0) is 50.0 Å². The van der Waals surface area contributed by atoms with Crippen molar-refractivity contribution in [3.63, 3.8) is 0 Å². The molecule has 7 heteroatoms. The van der Waals surface area contributed by atoms with E-state index in [1.165, 1.54) is 0 Å². The molecule has 1 aromatic carbocycles. The number of benzene rings is 1. The van der Waals surface area contributed by atoms with Gasteiger partial charge in [-0.3, -0.25) is 0 Å². The van der Waals surface area contributed by atoms with Gasteiger partial charge in [0.15, 0.2) is 0 Å². The molecule has 2 aliphatic rings. The van der Waals surface area contributed by atoms with Crippen LogP contribution in [0.3, 0.4) is 0 Å². The van der Waals surface area contributed by atoms with Gasteiger partial charge in [-0.1, -0.05) is 15.9 Å². The fourth-order valence-corrected chi connectivity index (χ4v) is 5.33. The second-order valence-corrected chi connectivity index (χ2v) is 8.35. The van der Waals surface area contributed by atoms with Gasteiger partial charge in [0.25, 0.3) is 0 Å². The minimum atomic E-state index is -3.51. The van der Waals surface area contributed by atoms with Crippen molar-refractivity contribution in [3.05, 3.63) is 22.7 Å². The molecule has 0 radical (unpaired) electrons. The molecule has 0 aromatic heterocycles. The average Bonchev–Trinajstić information content (AvgIpc) is 3.02. The third-order valence-corrected chi connectivity index (χ3v) is 6.53. The Bertz CT molecular complexity index is 623. The molecule has 2 unspecified atom stereocenters. The van der Waals surface area contributed by atoms with Gasteiger partial charge >= 0.3 is 0 Å². The quantitative estimate of drug-likeness (QED) is 0.870. The van der Waals surface area contributed by atoms with E-state index in [1.54, 1.807) is 22.5 Å². The lowest BCUT2D eigenvalue weighted by Crippen LogP contribution is -2.32. The van der Waals surface area contributed by atoms with E-state index in [4.69, 9.17) is 4.74 Å². The van der Waals surface area contributed by atoms with Gasteiger partial charge in [-0.2, -0.15) is 4.31 Å². The molecule has 2 aliphatic heterocycles. The molecule has 5 nitrogen and oxygen atoms in total. The first-order valence-electron chi connectivity index (χ1n) is 7.15. The van der Waals surface area contributed by atoms with Crippen LogP contribution >= 0.6 is 15.9 Å². The van der Waals surface area contributed by atoms with Gasteiger partial charge in [0.2, 0.25) is 10.0 Å². The number of sulfonamides is 1. The number of nitrogens with one attached hydrogen (secondary N) is 1. The van der Waals surface area contributed by atoms with Crippen molar-refractivity contribution in [2.24, 2.45) is 11.8 Å². The summed E-state index contributed by atoms with van der Waals surface area (Å²) in [5, 5.41) is 3.32. The molecule has 2 atom stereocenters. The van der Waals surface area contributed by atoms with E-state index < -0.39 is 10.0 Å². The summed E-state index contributed by atoms with van der Waals surface area (Å²) < 4.78 is 33.7. The fourth-order valence-electron chi connectivity index (χ4n) is 3.11. The molecule has 1 N–H and O–H groups in total. The summed E-state index contributed by atoms with van der Waals surface area (Å²) in [6, 6.07) is 5.14. The summed E-state index contributed by atoms with van der Waals surface area (Å²) in [4.78, 5) is 0.256. The van der Waals surface area contributed by atoms with Gasteiger partial charge in [0.1, 0.15) is 10.6 Å². The summed E-state index contributed by atoms with van der Waals surface area (Å²) in [6.45, 7) is 5.31. The number of halogens is 1. The van der Waals surface area contributed by atoms with Crippen LogP contribution < -0.4 is 10.1 Å².